The Morgan fingerprint density at radius 3 is 0.859 bits per heavy atom. The lowest BCUT2D eigenvalue weighted by Gasteiger charge is -2.26. The Morgan fingerprint density at radius 2 is 0.576 bits per heavy atom. The molecule has 0 amide bonds. The van der Waals surface area contributed by atoms with E-state index in [1.807, 2.05) is 21.1 Å². The summed E-state index contributed by atoms with van der Waals surface area (Å²) >= 11 is 0. The zero-order valence-corrected chi connectivity index (χ0v) is 66.9. The monoisotopic (exact) mass is 1390 g/mol. The Hall–Kier alpha value is -2.75. The molecule has 0 saturated heterocycles. The highest BCUT2D eigenvalue weighted by Crippen LogP contribution is 2.21. The average molecular weight is 1390 g/mol. The summed E-state index contributed by atoms with van der Waals surface area (Å²) in [5.41, 5.74) is 0. The van der Waals surface area contributed by atoms with Crippen molar-refractivity contribution in [3.63, 3.8) is 0 Å². The molecule has 99 heavy (non-hydrogen) atoms. The standard InChI is InChI=1S/C90H169NO8/c1-6-8-10-12-14-16-18-20-22-24-26-28-30-32-34-36-38-40-42-43-44-45-47-48-50-52-54-56-58-60-62-64-66-68-70-72-74-76-78-80-87(92)97-84-86(85-98-90(89(94)95)96-83-82-91(3,4)5)99-88(93)81-79-77-75-73-71-69-67-65-63-61-59-57-55-53-51-49-46-41-39-37-35-33-31-29-27-25-23-21-19-17-15-13-11-9-7-2/h9,11,15,17,21,23,27,29,86,90H,6-8,10,12-14,16,18-20,22,24-26,28,30-85H2,1-5H3/b11-9-,17-15-,23-21-,29-27-. The molecule has 0 spiro atoms. The fourth-order valence-corrected chi connectivity index (χ4v) is 13.5. The van der Waals surface area contributed by atoms with Crippen LogP contribution in [0.2, 0.25) is 0 Å². The quantitative estimate of drug-likeness (QED) is 0.0195. The lowest BCUT2D eigenvalue weighted by molar-refractivity contribution is -0.870. The van der Waals surface area contributed by atoms with Gasteiger partial charge in [-0.05, 0) is 51.4 Å². The van der Waals surface area contributed by atoms with Crippen LogP contribution in [0.1, 0.15) is 450 Å². The van der Waals surface area contributed by atoms with E-state index >= 15 is 0 Å². The SMILES string of the molecule is CC/C=C\C/C=C\C/C=C\C/C=C\CCCCCCCCCCCCCCCCCCCCCCCCC(=O)OC(COC(=O)CCCCCCCCCCCCCCCCCCCCCCCCCCCCCCCCCCCCCCCCC)COC(OCC[N+](C)(C)C)C(=O)[O-]. The summed E-state index contributed by atoms with van der Waals surface area (Å²) in [6, 6.07) is 0. The van der Waals surface area contributed by atoms with E-state index in [9.17, 15) is 19.5 Å². The number of nitrogens with zero attached hydrogens (tertiary/aromatic N) is 1. The fraction of sp³-hybridized carbons (Fsp3) is 0.878. The van der Waals surface area contributed by atoms with E-state index < -0.39 is 24.3 Å². The van der Waals surface area contributed by atoms with E-state index in [2.05, 4.69) is 62.5 Å². The smallest absolute Gasteiger partial charge is 0.306 e. The zero-order valence-electron chi connectivity index (χ0n) is 66.9. The van der Waals surface area contributed by atoms with Crippen molar-refractivity contribution in [2.75, 3.05) is 47.5 Å². The minimum absolute atomic E-state index is 0.151. The van der Waals surface area contributed by atoms with Crippen LogP contribution in [-0.4, -0.2) is 82.3 Å². The molecule has 0 aliphatic heterocycles. The summed E-state index contributed by atoms with van der Waals surface area (Å²) < 4.78 is 22.9. The van der Waals surface area contributed by atoms with Gasteiger partial charge in [0.2, 0.25) is 0 Å². The summed E-state index contributed by atoms with van der Waals surface area (Å²) in [6.07, 6.45) is 104. The number of rotatable bonds is 83. The van der Waals surface area contributed by atoms with Gasteiger partial charge in [0.15, 0.2) is 12.4 Å². The number of hydrogen-bond acceptors (Lipinski definition) is 8. The summed E-state index contributed by atoms with van der Waals surface area (Å²) in [5.74, 6) is -2.25. The molecule has 9 nitrogen and oxygen atoms in total. The van der Waals surface area contributed by atoms with Crippen LogP contribution in [-0.2, 0) is 33.3 Å². The number of carbonyl (C=O) groups is 3. The fourth-order valence-electron chi connectivity index (χ4n) is 13.5. The van der Waals surface area contributed by atoms with Crippen LogP contribution in [0, 0.1) is 0 Å². The number of allylic oxidation sites excluding steroid dienone is 8. The molecular formula is C90H169NO8. The second kappa shape index (κ2) is 80.9. The molecule has 0 fully saturated rings. The van der Waals surface area contributed by atoms with Gasteiger partial charge in [0.1, 0.15) is 13.2 Å². The van der Waals surface area contributed by atoms with Gasteiger partial charge in [-0.15, -0.1) is 0 Å². The third-order valence-electron chi connectivity index (χ3n) is 20.1. The van der Waals surface area contributed by atoms with Gasteiger partial charge in [0.25, 0.3) is 0 Å². The summed E-state index contributed by atoms with van der Waals surface area (Å²) in [5, 5.41) is 11.9. The predicted octanol–water partition coefficient (Wildman–Crippen LogP) is 27.0. The molecule has 582 valence electrons. The molecular weight excluding hydrogens is 1220 g/mol. The van der Waals surface area contributed by atoms with Crippen LogP contribution in [0.15, 0.2) is 48.6 Å². The van der Waals surface area contributed by atoms with Crippen molar-refractivity contribution in [1.82, 2.24) is 0 Å². The molecule has 0 N–H and O–H groups in total. The number of quaternary nitrogens is 1. The largest absolute Gasteiger partial charge is 0.545 e. The number of hydrogen-bond donors (Lipinski definition) is 0. The highest BCUT2D eigenvalue weighted by Gasteiger charge is 2.22. The first kappa shape index (κ1) is 96.2. The number of carboxylic acid groups (broad SMARTS) is 1. The van der Waals surface area contributed by atoms with Crippen molar-refractivity contribution in [2.24, 2.45) is 0 Å². The lowest BCUT2D eigenvalue weighted by atomic mass is 10.0. The molecule has 2 atom stereocenters. The van der Waals surface area contributed by atoms with Gasteiger partial charge in [0, 0.05) is 12.8 Å². The minimum Gasteiger partial charge on any atom is -0.545 e. The minimum atomic E-state index is -1.62. The van der Waals surface area contributed by atoms with Crippen molar-refractivity contribution in [2.45, 2.75) is 463 Å². The molecule has 0 aromatic heterocycles. The molecule has 0 aliphatic carbocycles. The third kappa shape index (κ3) is 82.4. The van der Waals surface area contributed by atoms with Crippen LogP contribution in [0.4, 0.5) is 0 Å². The van der Waals surface area contributed by atoms with Crippen molar-refractivity contribution < 1.29 is 42.9 Å². The number of aliphatic carboxylic acids is 1. The number of ether oxygens (including phenoxy) is 4. The van der Waals surface area contributed by atoms with Crippen LogP contribution < -0.4 is 5.11 Å². The van der Waals surface area contributed by atoms with E-state index in [1.165, 1.54) is 360 Å². The number of carboxylic acids is 1. The second-order valence-corrected chi connectivity index (χ2v) is 31.2. The van der Waals surface area contributed by atoms with Crippen LogP contribution in [0.5, 0.6) is 0 Å². The molecule has 0 aromatic rings. The predicted molar refractivity (Wildman–Crippen MR) is 426 cm³/mol. The van der Waals surface area contributed by atoms with E-state index in [4.69, 9.17) is 18.9 Å². The number of carbonyl (C=O) groups excluding carboxylic acids is 3. The molecule has 9 heteroatoms. The Bertz CT molecular complexity index is 1770. The maximum atomic E-state index is 13.0. The molecule has 2 unspecified atom stereocenters. The van der Waals surface area contributed by atoms with Crippen LogP contribution in [0.25, 0.3) is 0 Å². The van der Waals surface area contributed by atoms with Crippen molar-refractivity contribution in [3.05, 3.63) is 48.6 Å². The van der Waals surface area contributed by atoms with Gasteiger partial charge in [-0.2, -0.15) is 0 Å². The summed E-state index contributed by atoms with van der Waals surface area (Å²) in [4.78, 5) is 37.7. The summed E-state index contributed by atoms with van der Waals surface area (Å²) in [7, 11) is 5.96. The number of likely N-dealkylation sites (N-methyl/N-ethyl adjacent to an activating group) is 1. The maximum absolute atomic E-state index is 13.0. The first-order valence-corrected chi connectivity index (χ1v) is 43.8. The Balaban J connectivity index is 3.90. The zero-order chi connectivity index (χ0) is 71.8. The maximum Gasteiger partial charge on any atom is 0.306 e. The molecule has 0 rings (SSSR count). The summed E-state index contributed by atoms with van der Waals surface area (Å²) in [6.45, 7) is 4.72. The van der Waals surface area contributed by atoms with Gasteiger partial charge >= 0.3 is 11.9 Å². The Morgan fingerprint density at radius 1 is 0.313 bits per heavy atom. The molecule has 0 aliphatic rings. The van der Waals surface area contributed by atoms with Crippen LogP contribution >= 0.6 is 0 Å². The lowest BCUT2D eigenvalue weighted by Crippen LogP contribution is -2.44. The van der Waals surface area contributed by atoms with E-state index in [-0.39, 0.29) is 32.2 Å². The van der Waals surface area contributed by atoms with Crippen LogP contribution in [0.3, 0.4) is 0 Å². The highest BCUT2D eigenvalue weighted by molar-refractivity contribution is 5.70. The first-order chi connectivity index (χ1) is 48.6. The van der Waals surface area contributed by atoms with Gasteiger partial charge in [-0.1, -0.05) is 435 Å². The molecule has 0 aromatic carbocycles. The first-order valence-electron chi connectivity index (χ1n) is 43.8. The second-order valence-electron chi connectivity index (χ2n) is 31.2. The van der Waals surface area contributed by atoms with E-state index in [0.717, 1.165) is 64.2 Å². The van der Waals surface area contributed by atoms with Crippen molar-refractivity contribution >= 4 is 17.9 Å². The van der Waals surface area contributed by atoms with Gasteiger partial charge in [0.05, 0.1) is 40.3 Å². The topological polar surface area (TPSA) is 111 Å². The Labute approximate surface area is 616 Å². The molecule has 0 saturated carbocycles. The van der Waals surface area contributed by atoms with Gasteiger partial charge in [-0.25, -0.2) is 0 Å². The third-order valence-corrected chi connectivity index (χ3v) is 20.1. The Kier molecular flexibility index (Phi) is 78.7. The van der Waals surface area contributed by atoms with E-state index in [1.54, 1.807) is 0 Å². The normalized spacial score (nSPS) is 12.8. The van der Waals surface area contributed by atoms with Gasteiger partial charge < -0.3 is 33.3 Å². The van der Waals surface area contributed by atoms with Crippen molar-refractivity contribution in [3.8, 4) is 0 Å². The molecule has 0 bridgehead atoms. The number of unbranched alkanes of at least 4 members (excludes halogenated alkanes) is 60. The average Bonchev–Trinajstić information content (AvgIpc) is 1.16. The molecule has 0 radical (unpaired) electrons. The highest BCUT2D eigenvalue weighted by atomic mass is 16.7. The molecule has 0 heterocycles. The van der Waals surface area contributed by atoms with Crippen molar-refractivity contribution in [1.29, 1.82) is 0 Å². The number of esters is 2. The van der Waals surface area contributed by atoms with E-state index in [0.29, 0.717) is 17.4 Å². The van der Waals surface area contributed by atoms with Gasteiger partial charge in [-0.3, -0.25) is 9.59 Å².